The fourth-order valence-electron chi connectivity index (χ4n) is 3.39. The van der Waals surface area contributed by atoms with Crippen molar-refractivity contribution in [3.8, 4) is 5.69 Å². The Labute approximate surface area is 197 Å². The van der Waals surface area contributed by atoms with E-state index in [1.54, 1.807) is 16.2 Å². The predicted molar refractivity (Wildman–Crippen MR) is 132 cm³/mol. The SMILES string of the molecule is CCc1ccc(CN(C)C(=O)CSc2nnc(Cc3cccs3)n2-c2ccccc2)cc1. The molecular formula is C25H26N4OS2. The molecule has 0 atom stereocenters. The molecule has 4 aromatic rings. The van der Waals surface area contributed by atoms with Gasteiger partial charge in [-0.15, -0.1) is 21.5 Å². The lowest BCUT2D eigenvalue weighted by atomic mass is 10.1. The van der Waals surface area contributed by atoms with Gasteiger partial charge in [0.15, 0.2) is 5.16 Å². The molecule has 0 unspecified atom stereocenters. The van der Waals surface area contributed by atoms with Gasteiger partial charge in [0.2, 0.25) is 5.91 Å². The molecule has 164 valence electrons. The Bertz CT molecular complexity index is 1140. The van der Waals surface area contributed by atoms with Gasteiger partial charge in [-0.1, -0.05) is 67.2 Å². The van der Waals surface area contributed by atoms with E-state index >= 15 is 0 Å². The highest BCUT2D eigenvalue weighted by molar-refractivity contribution is 7.99. The molecule has 0 aliphatic heterocycles. The maximum atomic E-state index is 12.8. The zero-order valence-electron chi connectivity index (χ0n) is 18.3. The third-order valence-electron chi connectivity index (χ3n) is 5.23. The molecule has 7 heteroatoms. The van der Waals surface area contributed by atoms with Crippen molar-refractivity contribution in [2.75, 3.05) is 12.8 Å². The summed E-state index contributed by atoms with van der Waals surface area (Å²) in [6.07, 6.45) is 1.73. The number of thiophene rings is 1. The van der Waals surface area contributed by atoms with Crippen LogP contribution in [0.25, 0.3) is 5.69 Å². The number of benzene rings is 2. The molecule has 0 saturated heterocycles. The summed E-state index contributed by atoms with van der Waals surface area (Å²) >= 11 is 3.14. The van der Waals surface area contributed by atoms with E-state index in [9.17, 15) is 4.79 Å². The number of nitrogens with zero attached hydrogens (tertiary/aromatic N) is 4. The fourth-order valence-corrected chi connectivity index (χ4v) is 5.01. The van der Waals surface area contributed by atoms with Crippen LogP contribution in [0.3, 0.4) is 0 Å². The van der Waals surface area contributed by atoms with E-state index in [1.807, 2.05) is 43.4 Å². The summed E-state index contributed by atoms with van der Waals surface area (Å²) in [4.78, 5) is 15.8. The molecule has 2 aromatic carbocycles. The quantitative estimate of drug-likeness (QED) is 0.320. The van der Waals surface area contributed by atoms with E-state index in [0.717, 1.165) is 28.7 Å². The molecule has 5 nitrogen and oxygen atoms in total. The first-order valence-electron chi connectivity index (χ1n) is 10.6. The Hall–Kier alpha value is -2.90. The topological polar surface area (TPSA) is 51.0 Å². The van der Waals surface area contributed by atoms with Gasteiger partial charge in [0.05, 0.1) is 5.75 Å². The van der Waals surface area contributed by atoms with Crippen LogP contribution in [-0.2, 0) is 24.2 Å². The monoisotopic (exact) mass is 462 g/mol. The molecule has 0 bridgehead atoms. The van der Waals surface area contributed by atoms with E-state index in [2.05, 4.69) is 57.4 Å². The highest BCUT2D eigenvalue weighted by atomic mass is 32.2. The average Bonchev–Trinajstić information content (AvgIpc) is 3.48. The minimum Gasteiger partial charge on any atom is -0.341 e. The molecule has 0 fully saturated rings. The van der Waals surface area contributed by atoms with Crippen LogP contribution in [0.1, 0.15) is 28.8 Å². The molecule has 0 spiro atoms. The van der Waals surface area contributed by atoms with E-state index < -0.39 is 0 Å². The maximum Gasteiger partial charge on any atom is 0.233 e. The van der Waals surface area contributed by atoms with Crippen LogP contribution >= 0.6 is 23.1 Å². The minimum atomic E-state index is 0.0667. The van der Waals surface area contributed by atoms with Crippen LogP contribution in [0, 0.1) is 0 Å². The molecule has 2 aromatic heterocycles. The highest BCUT2D eigenvalue weighted by Crippen LogP contribution is 2.25. The van der Waals surface area contributed by atoms with Gasteiger partial charge in [-0.25, -0.2) is 0 Å². The van der Waals surface area contributed by atoms with Gasteiger partial charge in [-0.2, -0.15) is 0 Å². The third kappa shape index (κ3) is 5.47. The first-order valence-corrected chi connectivity index (χ1v) is 12.5. The molecule has 4 rings (SSSR count). The number of hydrogen-bond donors (Lipinski definition) is 0. The van der Waals surface area contributed by atoms with Gasteiger partial charge >= 0.3 is 0 Å². The van der Waals surface area contributed by atoms with Gasteiger partial charge in [0, 0.05) is 30.6 Å². The number of aromatic nitrogens is 3. The molecule has 0 saturated carbocycles. The highest BCUT2D eigenvalue weighted by Gasteiger charge is 2.18. The maximum absolute atomic E-state index is 12.8. The standard InChI is InChI=1S/C25H26N4OS2/c1-3-19-11-13-20(14-12-19)17-28(2)24(30)18-32-25-27-26-23(16-22-10-7-15-31-22)29(25)21-8-5-4-6-9-21/h4-15H,3,16-18H2,1-2H3. The van der Waals surface area contributed by atoms with Crippen LogP contribution in [0.5, 0.6) is 0 Å². The van der Waals surface area contributed by atoms with E-state index in [0.29, 0.717) is 18.7 Å². The van der Waals surface area contributed by atoms with Crippen molar-refractivity contribution >= 4 is 29.0 Å². The van der Waals surface area contributed by atoms with Crippen LogP contribution in [0.2, 0.25) is 0 Å². The van der Waals surface area contributed by atoms with Crippen molar-refractivity contribution in [3.63, 3.8) is 0 Å². The third-order valence-corrected chi connectivity index (χ3v) is 7.02. The second-order valence-electron chi connectivity index (χ2n) is 7.53. The number of rotatable bonds is 9. The predicted octanol–water partition coefficient (Wildman–Crippen LogP) is 5.23. The second-order valence-corrected chi connectivity index (χ2v) is 9.51. The van der Waals surface area contributed by atoms with E-state index in [4.69, 9.17) is 0 Å². The van der Waals surface area contributed by atoms with Gasteiger partial charge in [0.25, 0.3) is 0 Å². The Morgan fingerprint density at radius 3 is 2.44 bits per heavy atom. The fraction of sp³-hybridized carbons (Fsp3) is 0.240. The van der Waals surface area contributed by atoms with Crippen LogP contribution in [-0.4, -0.2) is 38.4 Å². The first kappa shape index (κ1) is 22.3. The second kappa shape index (κ2) is 10.6. The number of para-hydroxylation sites is 1. The number of hydrogen-bond acceptors (Lipinski definition) is 5. The molecular weight excluding hydrogens is 436 g/mol. The lowest BCUT2D eigenvalue weighted by molar-refractivity contribution is -0.127. The van der Waals surface area contributed by atoms with E-state index in [1.165, 1.54) is 22.2 Å². The molecule has 32 heavy (non-hydrogen) atoms. The zero-order chi connectivity index (χ0) is 22.3. The van der Waals surface area contributed by atoms with Crippen molar-refractivity contribution in [3.05, 3.63) is 93.9 Å². The first-order chi connectivity index (χ1) is 15.6. The smallest absolute Gasteiger partial charge is 0.233 e. The van der Waals surface area contributed by atoms with Crippen molar-refractivity contribution in [1.29, 1.82) is 0 Å². The summed E-state index contributed by atoms with van der Waals surface area (Å²) in [5.74, 6) is 1.25. The Morgan fingerprint density at radius 1 is 1.00 bits per heavy atom. The largest absolute Gasteiger partial charge is 0.341 e. The number of amides is 1. The molecule has 1 amide bonds. The van der Waals surface area contributed by atoms with Crippen molar-refractivity contribution in [2.45, 2.75) is 31.5 Å². The Balaban J connectivity index is 1.46. The summed E-state index contributed by atoms with van der Waals surface area (Å²) in [5.41, 5.74) is 3.44. The van der Waals surface area contributed by atoms with Crippen molar-refractivity contribution < 1.29 is 4.79 Å². The van der Waals surface area contributed by atoms with Crippen LogP contribution in [0.4, 0.5) is 0 Å². The molecule has 0 aliphatic rings. The molecule has 0 radical (unpaired) electrons. The summed E-state index contributed by atoms with van der Waals surface area (Å²) in [7, 11) is 1.85. The van der Waals surface area contributed by atoms with Crippen LogP contribution < -0.4 is 0 Å². The van der Waals surface area contributed by atoms with Crippen LogP contribution in [0.15, 0.2) is 77.3 Å². The lowest BCUT2D eigenvalue weighted by Gasteiger charge is -2.17. The van der Waals surface area contributed by atoms with Gasteiger partial charge in [0.1, 0.15) is 5.82 Å². The molecule has 0 N–H and O–H groups in total. The summed E-state index contributed by atoms with van der Waals surface area (Å²) in [6.45, 7) is 2.74. The van der Waals surface area contributed by atoms with E-state index in [-0.39, 0.29) is 5.91 Å². The number of carbonyl (C=O) groups is 1. The van der Waals surface area contributed by atoms with Crippen molar-refractivity contribution in [1.82, 2.24) is 19.7 Å². The van der Waals surface area contributed by atoms with Gasteiger partial charge in [-0.3, -0.25) is 9.36 Å². The number of thioether (sulfide) groups is 1. The summed E-state index contributed by atoms with van der Waals surface area (Å²) in [5, 5.41) is 11.7. The number of aryl methyl sites for hydroxylation is 1. The zero-order valence-corrected chi connectivity index (χ0v) is 19.9. The normalized spacial score (nSPS) is 10.9. The summed E-state index contributed by atoms with van der Waals surface area (Å²) < 4.78 is 2.06. The summed E-state index contributed by atoms with van der Waals surface area (Å²) in [6, 6.07) is 22.7. The minimum absolute atomic E-state index is 0.0667. The Kier molecular flexibility index (Phi) is 7.39. The van der Waals surface area contributed by atoms with Gasteiger partial charge in [-0.05, 0) is 41.1 Å². The molecule has 0 aliphatic carbocycles. The number of carbonyl (C=O) groups excluding carboxylic acids is 1. The average molecular weight is 463 g/mol. The lowest BCUT2D eigenvalue weighted by Crippen LogP contribution is -2.27. The van der Waals surface area contributed by atoms with Gasteiger partial charge < -0.3 is 4.90 Å². The molecule has 2 heterocycles. The van der Waals surface area contributed by atoms with Crippen molar-refractivity contribution in [2.24, 2.45) is 0 Å². The Morgan fingerprint density at radius 2 is 1.75 bits per heavy atom.